The van der Waals surface area contributed by atoms with Gasteiger partial charge in [0.1, 0.15) is 5.75 Å². The average Bonchev–Trinajstić information content (AvgIpc) is 3.06. The van der Waals surface area contributed by atoms with Crippen molar-refractivity contribution in [3.05, 3.63) is 52.2 Å². The van der Waals surface area contributed by atoms with Crippen molar-refractivity contribution in [3.8, 4) is 5.75 Å². The Morgan fingerprint density at radius 2 is 2.09 bits per heavy atom. The molecule has 23 heavy (non-hydrogen) atoms. The Morgan fingerprint density at radius 1 is 1.26 bits per heavy atom. The zero-order valence-electron chi connectivity index (χ0n) is 13.7. The molecule has 2 N–H and O–H groups in total. The van der Waals surface area contributed by atoms with Crippen molar-refractivity contribution >= 4 is 17.4 Å². The van der Waals surface area contributed by atoms with Crippen LogP contribution in [0.5, 0.6) is 5.75 Å². The Labute approximate surface area is 141 Å². The van der Waals surface area contributed by atoms with E-state index in [0.29, 0.717) is 13.1 Å². The zero-order chi connectivity index (χ0) is 16.7. The van der Waals surface area contributed by atoms with E-state index in [1.54, 1.807) is 18.4 Å². The Bertz CT molecular complexity index is 614. The van der Waals surface area contributed by atoms with Gasteiger partial charge in [-0.1, -0.05) is 18.2 Å². The monoisotopic (exact) mass is 333 g/mol. The minimum atomic E-state index is -0.159. The van der Waals surface area contributed by atoms with Crippen LogP contribution < -0.4 is 15.4 Å². The Hall–Kier alpha value is -2.05. The van der Waals surface area contributed by atoms with Gasteiger partial charge in [-0.25, -0.2) is 4.79 Å². The van der Waals surface area contributed by atoms with E-state index in [4.69, 9.17) is 4.74 Å². The van der Waals surface area contributed by atoms with Crippen LogP contribution in [-0.4, -0.2) is 38.7 Å². The van der Waals surface area contributed by atoms with Crippen molar-refractivity contribution in [2.24, 2.45) is 0 Å². The number of likely N-dealkylation sites (N-methyl/N-ethyl adjacent to an activating group) is 1. The first-order chi connectivity index (χ1) is 11.1. The van der Waals surface area contributed by atoms with E-state index in [2.05, 4.69) is 15.5 Å². The molecule has 2 aromatic rings. The lowest BCUT2D eigenvalue weighted by Crippen LogP contribution is -2.40. The smallest absolute Gasteiger partial charge is 0.315 e. The summed E-state index contributed by atoms with van der Waals surface area (Å²) in [5.74, 6) is 0.816. The Kier molecular flexibility index (Phi) is 6.43. The number of amides is 2. The van der Waals surface area contributed by atoms with Gasteiger partial charge in [0, 0.05) is 11.4 Å². The van der Waals surface area contributed by atoms with Crippen molar-refractivity contribution in [2.45, 2.75) is 12.6 Å². The van der Waals surface area contributed by atoms with Crippen LogP contribution in [0, 0.1) is 0 Å². The van der Waals surface area contributed by atoms with E-state index in [0.717, 1.165) is 16.2 Å². The molecule has 124 valence electrons. The van der Waals surface area contributed by atoms with Crippen LogP contribution in [0.15, 0.2) is 41.8 Å². The molecule has 2 rings (SSSR count). The van der Waals surface area contributed by atoms with Crippen LogP contribution in [0.2, 0.25) is 0 Å². The topological polar surface area (TPSA) is 53.6 Å². The molecule has 0 saturated carbocycles. The predicted molar refractivity (Wildman–Crippen MR) is 94.0 cm³/mol. The molecular weight excluding hydrogens is 310 g/mol. The molecule has 0 radical (unpaired) electrons. The maximum atomic E-state index is 12.0. The second-order valence-corrected chi connectivity index (χ2v) is 6.43. The molecule has 1 aromatic carbocycles. The number of nitrogens with zero attached hydrogens (tertiary/aromatic N) is 1. The van der Waals surface area contributed by atoms with Crippen LogP contribution in [0.3, 0.4) is 0 Å². The highest BCUT2D eigenvalue weighted by atomic mass is 32.1. The molecule has 0 bridgehead atoms. The minimum absolute atomic E-state index is 0.0811. The maximum Gasteiger partial charge on any atom is 0.315 e. The van der Waals surface area contributed by atoms with Crippen LogP contribution >= 0.6 is 11.3 Å². The molecule has 0 aliphatic heterocycles. The van der Waals surface area contributed by atoms with Gasteiger partial charge in [-0.05, 0) is 43.2 Å². The van der Waals surface area contributed by atoms with E-state index in [1.165, 1.54) is 0 Å². The SMILES string of the molecule is COc1cccc(C(CNC(=O)NCc2cccs2)N(C)C)c1. The van der Waals surface area contributed by atoms with Crippen LogP contribution in [0.1, 0.15) is 16.5 Å². The van der Waals surface area contributed by atoms with Gasteiger partial charge < -0.3 is 20.3 Å². The molecule has 2 amide bonds. The number of ether oxygens (including phenoxy) is 1. The normalized spacial score (nSPS) is 12.0. The van der Waals surface area contributed by atoms with Crippen molar-refractivity contribution in [1.29, 1.82) is 0 Å². The van der Waals surface area contributed by atoms with Gasteiger partial charge >= 0.3 is 6.03 Å². The maximum absolute atomic E-state index is 12.0. The summed E-state index contributed by atoms with van der Waals surface area (Å²) in [5.41, 5.74) is 1.10. The number of urea groups is 1. The lowest BCUT2D eigenvalue weighted by atomic mass is 10.1. The van der Waals surface area contributed by atoms with Crippen LogP contribution in [-0.2, 0) is 6.54 Å². The lowest BCUT2D eigenvalue weighted by molar-refractivity contribution is 0.232. The van der Waals surface area contributed by atoms with Crippen molar-refractivity contribution in [3.63, 3.8) is 0 Å². The van der Waals surface area contributed by atoms with Gasteiger partial charge in [0.25, 0.3) is 0 Å². The largest absolute Gasteiger partial charge is 0.497 e. The molecule has 0 aliphatic carbocycles. The first-order valence-corrected chi connectivity index (χ1v) is 8.32. The first-order valence-electron chi connectivity index (χ1n) is 7.44. The molecule has 5 nitrogen and oxygen atoms in total. The van der Waals surface area contributed by atoms with E-state index >= 15 is 0 Å². The summed E-state index contributed by atoms with van der Waals surface area (Å²) in [6.07, 6.45) is 0. The Morgan fingerprint density at radius 3 is 2.74 bits per heavy atom. The standard InChI is InChI=1S/C17H23N3O2S/c1-20(2)16(13-6-4-7-14(10-13)22-3)12-19-17(21)18-11-15-8-5-9-23-15/h4-10,16H,11-12H2,1-3H3,(H2,18,19,21). The quantitative estimate of drug-likeness (QED) is 0.819. The third-order valence-electron chi connectivity index (χ3n) is 3.56. The third kappa shape index (κ3) is 5.26. The molecule has 0 aliphatic rings. The number of thiophene rings is 1. The lowest BCUT2D eigenvalue weighted by Gasteiger charge is -2.25. The van der Waals surface area contributed by atoms with E-state index in [9.17, 15) is 4.79 Å². The highest BCUT2D eigenvalue weighted by Gasteiger charge is 2.15. The fourth-order valence-electron chi connectivity index (χ4n) is 2.28. The first kappa shape index (κ1) is 17.3. The second-order valence-electron chi connectivity index (χ2n) is 5.40. The fourth-order valence-corrected chi connectivity index (χ4v) is 2.92. The van der Waals surface area contributed by atoms with Gasteiger partial charge in [-0.15, -0.1) is 11.3 Å². The summed E-state index contributed by atoms with van der Waals surface area (Å²) in [6.45, 7) is 1.08. The number of nitrogens with one attached hydrogen (secondary N) is 2. The van der Waals surface area contributed by atoms with Gasteiger partial charge in [0.2, 0.25) is 0 Å². The zero-order valence-corrected chi connectivity index (χ0v) is 14.5. The van der Waals surface area contributed by atoms with E-state index < -0.39 is 0 Å². The fraction of sp³-hybridized carbons (Fsp3) is 0.353. The molecule has 6 heteroatoms. The van der Waals surface area contributed by atoms with Gasteiger partial charge in [0.05, 0.1) is 19.7 Å². The number of hydrogen-bond acceptors (Lipinski definition) is 4. The van der Waals surface area contributed by atoms with Crippen molar-refractivity contribution in [2.75, 3.05) is 27.7 Å². The van der Waals surface area contributed by atoms with Crippen molar-refractivity contribution < 1.29 is 9.53 Å². The second kappa shape index (κ2) is 8.55. The summed E-state index contributed by atoms with van der Waals surface area (Å²) in [4.78, 5) is 15.2. The van der Waals surface area contributed by atoms with Crippen molar-refractivity contribution in [1.82, 2.24) is 15.5 Å². The number of carbonyl (C=O) groups excluding carboxylic acids is 1. The molecule has 0 spiro atoms. The molecular formula is C17H23N3O2S. The summed E-state index contributed by atoms with van der Waals surface area (Å²) in [7, 11) is 5.64. The summed E-state index contributed by atoms with van der Waals surface area (Å²) >= 11 is 1.63. The molecule has 0 saturated heterocycles. The summed E-state index contributed by atoms with van der Waals surface area (Å²) < 4.78 is 5.27. The summed E-state index contributed by atoms with van der Waals surface area (Å²) in [5, 5.41) is 7.80. The Balaban J connectivity index is 1.90. The van der Waals surface area contributed by atoms with Gasteiger partial charge in [-0.2, -0.15) is 0 Å². The molecule has 1 heterocycles. The molecule has 1 atom stereocenters. The predicted octanol–water partition coefficient (Wildman–Crippen LogP) is 2.86. The highest BCUT2D eigenvalue weighted by Crippen LogP contribution is 2.22. The minimum Gasteiger partial charge on any atom is -0.497 e. The molecule has 1 unspecified atom stereocenters. The van der Waals surface area contributed by atoms with Crippen LogP contribution in [0.25, 0.3) is 0 Å². The number of benzene rings is 1. The third-order valence-corrected chi connectivity index (χ3v) is 4.44. The van der Waals surface area contributed by atoms with Crippen LogP contribution in [0.4, 0.5) is 4.79 Å². The average molecular weight is 333 g/mol. The molecule has 0 fully saturated rings. The summed E-state index contributed by atoms with van der Waals surface area (Å²) in [6, 6.07) is 11.8. The number of rotatable bonds is 7. The number of carbonyl (C=O) groups is 1. The van der Waals surface area contributed by atoms with E-state index in [-0.39, 0.29) is 12.1 Å². The number of hydrogen-bond donors (Lipinski definition) is 2. The highest BCUT2D eigenvalue weighted by molar-refractivity contribution is 7.09. The molecule has 1 aromatic heterocycles. The number of methoxy groups -OCH3 is 1. The van der Waals surface area contributed by atoms with Gasteiger partial charge in [0.15, 0.2) is 0 Å². The van der Waals surface area contributed by atoms with E-state index in [1.807, 2.05) is 55.9 Å². The van der Waals surface area contributed by atoms with Gasteiger partial charge in [-0.3, -0.25) is 0 Å².